The van der Waals surface area contributed by atoms with Crippen molar-refractivity contribution in [1.82, 2.24) is 9.97 Å². The average molecular weight is 268 g/mol. The molecule has 0 bridgehead atoms. The molecule has 1 heterocycles. The van der Waals surface area contributed by atoms with Gasteiger partial charge in [0.1, 0.15) is 11.5 Å². The fourth-order valence-corrected chi connectivity index (χ4v) is 1.98. The van der Waals surface area contributed by atoms with Gasteiger partial charge in [0.05, 0.1) is 5.69 Å². The van der Waals surface area contributed by atoms with Gasteiger partial charge in [-0.15, -0.1) is 0 Å². The van der Waals surface area contributed by atoms with Crippen molar-refractivity contribution in [2.75, 3.05) is 0 Å². The van der Waals surface area contributed by atoms with Crippen molar-refractivity contribution in [1.29, 1.82) is 0 Å². The average Bonchev–Trinajstić information content (AvgIpc) is 2.87. The van der Waals surface area contributed by atoms with Gasteiger partial charge in [-0.3, -0.25) is 0 Å². The molecule has 2 aromatic carbocycles. The van der Waals surface area contributed by atoms with Crippen molar-refractivity contribution in [3.63, 3.8) is 0 Å². The second-order valence-electron chi connectivity index (χ2n) is 4.10. The number of para-hydroxylation sites is 1. The zero-order chi connectivity index (χ0) is 13.1. The number of aromatic amines is 2. The molecule has 0 saturated carbocycles. The molecular formula is C15H12N2OS. The van der Waals surface area contributed by atoms with Crippen molar-refractivity contribution < 1.29 is 4.74 Å². The van der Waals surface area contributed by atoms with Crippen LogP contribution >= 0.6 is 12.2 Å². The highest BCUT2D eigenvalue weighted by Crippen LogP contribution is 2.24. The summed E-state index contributed by atoms with van der Waals surface area (Å²) in [6.45, 7) is 0. The lowest BCUT2D eigenvalue weighted by Crippen LogP contribution is -1.84. The molecule has 0 unspecified atom stereocenters. The van der Waals surface area contributed by atoms with Crippen molar-refractivity contribution >= 4 is 12.2 Å². The summed E-state index contributed by atoms with van der Waals surface area (Å²) in [5, 5.41) is 0. The lowest BCUT2D eigenvalue weighted by molar-refractivity contribution is 0.483. The zero-order valence-corrected chi connectivity index (χ0v) is 10.9. The van der Waals surface area contributed by atoms with Crippen LogP contribution in [0.25, 0.3) is 11.3 Å². The summed E-state index contributed by atoms with van der Waals surface area (Å²) >= 11 is 5.01. The predicted octanol–water partition coefficient (Wildman–Crippen LogP) is 4.53. The van der Waals surface area contributed by atoms with Gasteiger partial charge in [0.2, 0.25) is 0 Å². The van der Waals surface area contributed by atoms with Gasteiger partial charge >= 0.3 is 0 Å². The molecule has 1 aromatic heterocycles. The number of benzene rings is 2. The Morgan fingerprint density at radius 3 is 2.16 bits per heavy atom. The van der Waals surface area contributed by atoms with Crippen LogP contribution in [0.4, 0.5) is 0 Å². The minimum Gasteiger partial charge on any atom is -0.457 e. The number of rotatable bonds is 3. The van der Waals surface area contributed by atoms with Gasteiger partial charge in [0.25, 0.3) is 0 Å². The van der Waals surface area contributed by atoms with E-state index >= 15 is 0 Å². The molecule has 19 heavy (non-hydrogen) atoms. The summed E-state index contributed by atoms with van der Waals surface area (Å²) < 4.78 is 6.36. The second kappa shape index (κ2) is 5.12. The maximum absolute atomic E-state index is 5.74. The van der Waals surface area contributed by atoms with Gasteiger partial charge in [-0.2, -0.15) is 0 Å². The molecule has 3 aromatic rings. The van der Waals surface area contributed by atoms with E-state index in [1.165, 1.54) is 0 Å². The minimum atomic E-state index is 0.625. The summed E-state index contributed by atoms with van der Waals surface area (Å²) in [7, 11) is 0. The van der Waals surface area contributed by atoms with Gasteiger partial charge in [-0.25, -0.2) is 0 Å². The molecule has 4 heteroatoms. The number of nitrogens with one attached hydrogen (secondary N) is 2. The van der Waals surface area contributed by atoms with E-state index in [2.05, 4.69) is 9.97 Å². The Kier molecular flexibility index (Phi) is 3.16. The molecule has 0 aliphatic carbocycles. The normalized spacial score (nSPS) is 10.3. The highest BCUT2D eigenvalue weighted by molar-refractivity contribution is 7.71. The summed E-state index contributed by atoms with van der Waals surface area (Å²) in [6, 6.07) is 17.6. The van der Waals surface area contributed by atoms with Crippen molar-refractivity contribution in [3.05, 3.63) is 65.6 Å². The van der Waals surface area contributed by atoms with E-state index in [1.54, 1.807) is 0 Å². The molecule has 0 radical (unpaired) electrons. The molecule has 0 fully saturated rings. The highest BCUT2D eigenvalue weighted by Gasteiger charge is 2.00. The van der Waals surface area contributed by atoms with E-state index in [0.29, 0.717) is 4.77 Å². The molecule has 3 nitrogen and oxygen atoms in total. The number of imidazole rings is 1. The Morgan fingerprint density at radius 1 is 0.842 bits per heavy atom. The molecule has 0 amide bonds. The number of H-pyrrole nitrogens is 2. The van der Waals surface area contributed by atoms with Crippen molar-refractivity contribution in [2.45, 2.75) is 0 Å². The quantitative estimate of drug-likeness (QED) is 0.685. The molecule has 94 valence electrons. The largest absolute Gasteiger partial charge is 0.457 e. The maximum atomic E-state index is 5.74. The van der Waals surface area contributed by atoms with E-state index in [1.807, 2.05) is 60.8 Å². The van der Waals surface area contributed by atoms with Crippen LogP contribution in [0.2, 0.25) is 0 Å². The summed E-state index contributed by atoms with van der Waals surface area (Å²) in [5.41, 5.74) is 2.03. The van der Waals surface area contributed by atoms with Crippen molar-refractivity contribution in [2.24, 2.45) is 0 Å². The lowest BCUT2D eigenvalue weighted by atomic mass is 10.2. The number of aromatic nitrogens is 2. The van der Waals surface area contributed by atoms with E-state index in [9.17, 15) is 0 Å². The Bertz CT molecular complexity index is 714. The van der Waals surface area contributed by atoms with Crippen LogP contribution in [-0.2, 0) is 0 Å². The lowest BCUT2D eigenvalue weighted by Gasteiger charge is -2.05. The molecular weight excluding hydrogens is 256 g/mol. The molecule has 0 aliphatic rings. The van der Waals surface area contributed by atoms with E-state index in [0.717, 1.165) is 22.8 Å². The molecule has 0 saturated heterocycles. The number of ether oxygens (including phenoxy) is 1. The minimum absolute atomic E-state index is 0.625. The molecule has 0 spiro atoms. The second-order valence-corrected chi connectivity index (χ2v) is 4.50. The van der Waals surface area contributed by atoms with Crippen LogP contribution in [0.15, 0.2) is 60.8 Å². The molecule has 3 rings (SSSR count). The first-order valence-corrected chi connectivity index (χ1v) is 6.33. The molecule has 0 aliphatic heterocycles. The van der Waals surface area contributed by atoms with E-state index in [4.69, 9.17) is 17.0 Å². The summed E-state index contributed by atoms with van der Waals surface area (Å²) in [6.07, 6.45) is 1.86. The van der Waals surface area contributed by atoms with Crippen LogP contribution in [0, 0.1) is 4.77 Å². The van der Waals surface area contributed by atoms with Crippen LogP contribution in [-0.4, -0.2) is 9.97 Å². The SMILES string of the molecule is S=c1[nH]cc(-c2ccc(Oc3ccccc3)cc2)[nH]1. The third-order valence-corrected chi connectivity index (χ3v) is 2.96. The van der Waals surface area contributed by atoms with E-state index in [-0.39, 0.29) is 0 Å². The van der Waals surface area contributed by atoms with Crippen molar-refractivity contribution in [3.8, 4) is 22.8 Å². The third kappa shape index (κ3) is 2.74. The monoisotopic (exact) mass is 268 g/mol. The first-order valence-electron chi connectivity index (χ1n) is 5.92. The fourth-order valence-electron chi connectivity index (χ4n) is 1.81. The topological polar surface area (TPSA) is 40.8 Å². The maximum Gasteiger partial charge on any atom is 0.174 e. The third-order valence-electron chi connectivity index (χ3n) is 2.74. The first-order chi connectivity index (χ1) is 9.31. The number of hydrogen-bond donors (Lipinski definition) is 2. The van der Waals surface area contributed by atoms with Gasteiger partial charge in [-0.05, 0) is 54.2 Å². The Balaban J connectivity index is 1.81. The smallest absolute Gasteiger partial charge is 0.174 e. The fraction of sp³-hybridized carbons (Fsp3) is 0. The predicted molar refractivity (Wildman–Crippen MR) is 77.9 cm³/mol. The Hall–Kier alpha value is -2.33. The van der Waals surface area contributed by atoms with Gasteiger partial charge in [-0.1, -0.05) is 18.2 Å². The molecule has 0 atom stereocenters. The standard InChI is InChI=1S/C15H12N2OS/c19-15-16-10-14(17-15)11-6-8-13(9-7-11)18-12-4-2-1-3-5-12/h1-10H,(H2,16,17,19). The van der Waals surface area contributed by atoms with Gasteiger partial charge in [0.15, 0.2) is 4.77 Å². The van der Waals surface area contributed by atoms with Crippen LogP contribution in [0.1, 0.15) is 0 Å². The molecule has 2 N–H and O–H groups in total. The summed E-state index contributed by atoms with van der Waals surface area (Å²) in [5.74, 6) is 1.64. The van der Waals surface area contributed by atoms with Crippen LogP contribution < -0.4 is 4.74 Å². The van der Waals surface area contributed by atoms with E-state index < -0.39 is 0 Å². The Labute approximate surface area is 115 Å². The zero-order valence-electron chi connectivity index (χ0n) is 10.1. The summed E-state index contributed by atoms with van der Waals surface area (Å²) in [4.78, 5) is 6.03. The van der Waals surface area contributed by atoms with Crippen LogP contribution in [0.5, 0.6) is 11.5 Å². The number of hydrogen-bond acceptors (Lipinski definition) is 2. The first kappa shape index (κ1) is 11.7. The Morgan fingerprint density at radius 2 is 1.53 bits per heavy atom. The van der Waals surface area contributed by atoms with Gasteiger partial charge in [0, 0.05) is 6.20 Å². The highest BCUT2D eigenvalue weighted by atomic mass is 32.1. The van der Waals surface area contributed by atoms with Gasteiger partial charge < -0.3 is 14.7 Å². The van der Waals surface area contributed by atoms with Crippen LogP contribution in [0.3, 0.4) is 0 Å².